The van der Waals surface area contributed by atoms with Gasteiger partial charge in [0.05, 0.1) is 25.4 Å². The van der Waals surface area contributed by atoms with Gasteiger partial charge < -0.3 is 18.9 Å². The lowest BCUT2D eigenvalue weighted by atomic mass is 10.1. The van der Waals surface area contributed by atoms with Gasteiger partial charge in [0, 0.05) is 26.4 Å². The summed E-state index contributed by atoms with van der Waals surface area (Å²) in [4.78, 5) is 14.8. The second-order valence-corrected chi connectivity index (χ2v) is 6.14. The van der Waals surface area contributed by atoms with E-state index in [2.05, 4.69) is 6.58 Å². The fourth-order valence-corrected chi connectivity index (χ4v) is 3.59. The van der Waals surface area contributed by atoms with E-state index in [9.17, 15) is 4.79 Å². The van der Waals surface area contributed by atoms with Crippen LogP contribution in [0.4, 0.5) is 0 Å². The van der Waals surface area contributed by atoms with Crippen LogP contribution >= 0.6 is 0 Å². The highest BCUT2D eigenvalue weighted by Gasteiger charge is 2.43. The van der Waals surface area contributed by atoms with Crippen LogP contribution in [-0.4, -0.2) is 53.9 Å². The topological polar surface area (TPSA) is 43.7 Å². The minimum Gasteiger partial charge on any atom is -0.377 e. The van der Waals surface area contributed by atoms with Gasteiger partial charge in [0.1, 0.15) is 5.69 Å². The maximum atomic E-state index is 12.8. The number of aromatic nitrogens is 1. The van der Waals surface area contributed by atoms with Crippen LogP contribution in [-0.2, 0) is 16.5 Å². The summed E-state index contributed by atoms with van der Waals surface area (Å²) < 4.78 is 13.4. The largest absolute Gasteiger partial charge is 0.377 e. The van der Waals surface area contributed by atoms with E-state index < -0.39 is 0 Å². The number of carbonyl (C=O) groups excluding carboxylic acids is 1. The van der Waals surface area contributed by atoms with Gasteiger partial charge in [0.15, 0.2) is 0 Å². The predicted octanol–water partition coefficient (Wildman–Crippen LogP) is 1.85. The van der Waals surface area contributed by atoms with Gasteiger partial charge in [-0.25, -0.2) is 0 Å². The molecule has 1 saturated carbocycles. The van der Waals surface area contributed by atoms with Crippen molar-refractivity contribution in [2.45, 2.75) is 25.0 Å². The first-order valence-corrected chi connectivity index (χ1v) is 7.93. The first-order chi connectivity index (χ1) is 10.7. The fourth-order valence-electron chi connectivity index (χ4n) is 3.59. The second kappa shape index (κ2) is 6.67. The minimum absolute atomic E-state index is 0.110. The molecule has 0 N–H and O–H groups in total. The molecule has 0 bridgehead atoms. The third-order valence-corrected chi connectivity index (χ3v) is 4.65. The van der Waals surface area contributed by atoms with E-state index >= 15 is 0 Å². The number of hydrogen-bond donors (Lipinski definition) is 0. The Morgan fingerprint density at radius 1 is 1.55 bits per heavy atom. The van der Waals surface area contributed by atoms with E-state index in [1.807, 2.05) is 34.8 Å². The maximum Gasteiger partial charge on any atom is 0.270 e. The van der Waals surface area contributed by atoms with Crippen molar-refractivity contribution in [1.29, 1.82) is 0 Å². The molecule has 0 spiro atoms. The standard InChI is InChI=1S/C17H24N2O3/c1-3-8-21-12-13-10-15-16(11-13)22-9-7-19(15)17(20)14-5-4-6-18(14)2/h3-6,13,15-16H,1,7-12H2,2H3/t13-,15+,16+/m1/s1. The third kappa shape index (κ3) is 2.96. The summed E-state index contributed by atoms with van der Waals surface area (Å²) >= 11 is 0. The Hall–Kier alpha value is -1.59. The molecule has 1 aromatic heterocycles. The molecular weight excluding hydrogens is 280 g/mol. The van der Waals surface area contributed by atoms with Crippen molar-refractivity contribution in [3.8, 4) is 0 Å². The lowest BCUT2D eigenvalue weighted by molar-refractivity contribution is -0.0452. The van der Waals surface area contributed by atoms with Crippen LogP contribution in [0.25, 0.3) is 0 Å². The number of fused-ring (bicyclic) bond motifs is 1. The Kier molecular flexibility index (Phi) is 4.64. The molecule has 2 fully saturated rings. The Morgan fingerprint density at radius 3 is 3.14 bits per heavy atom. The molecule has 1 saturated heterocycles. The van der Waals surface area contributed by atoms with Gasteiger partial charge in [-0.15, -0.1) is 6.58 Å². The minimum atomic E-state index is 0.110. The highest BCUT2D eigenvalue weighted by atomic mass is 16.5. The Labute approximate surface area is 131 Å². The number of aryl methyl sites for hydroxylation is 1. The molecule has 1 amide bonds. The molecule has 2 aliphatic rings. The highest BCUT2D eigenvalue weighted by Crippen LogP contribution is 2.35. The molecule has 0 aromatic carbocycles. The molecule has 1 aliphatic carbocycles. The van der Waals surface area contributed by atoms with E-state index in [0.717, 1.165) is 18.5 Å². The third-order valence-electron chi connectivity index (χ3n) is 4.65. The molecule has 2 heterocycles. The Bertz CT molecular complexity index is 540. The first kappa shape index (κ1) is 15.3. The fraction of sp³-hybridized carbons (Fsp3) is 0.588. The van der Waals surface area contributed by atoms with Crippen LogP contribution in [0.1, 0.15) is 23.3 Å². The van der Waals surface area contributed by atoms with Gasteiger partial charge in [-0.3, -0.25) is 4.79 Å². The van der Waals surface area contributed by atoms with Crippen LogP contribution in [0, 0.1) is 5.92 Å². The molecule has 5 nitrogen and oxygen atoms in total. The van der Waals surface area contributed by atoms with Crippen LogP contribution in [0.5, 0.6) is 0 Å². The molecule has 0 unspecified atom stereocenters. The number of hydrogen-bond acceptors (Lipinski definition) is 3. The van der Waals surface area contributed by atoms with Crippen molar-refractivity contribution < 1.29 is 14.3 Å². The summed E-state index contributed by atoms with van der Waals surface area (Å²) in [5.41, 5.74) is 0.743. The molecule has 22 heavy (non-hydrogen) atoms. The lowest BCUT2D eigenvalue weighted by Crippen LogP contribution is -2.51. The van der Waals surface area contributed by atoms with Crippen molar-refractivity contribution >= 4 is 5.91 Å². The number of rotatable bonds is 5. The van der Waals surface area contributed by atoms with Crippen molar-refractivity contribution in [1.82, 2.24) is 9.47 Å². The zero-order chi connectivity index (χ0) is 15.5. The van der Waals surface area contributed by atoms with Gasteiger partial charge in [0.2, 0.25) is 0 Å². The Balaban J connectivity index is 1.67. The van der Waals surface area contributed by atoms with E-state index in [1.54, 1.807) is 6.08 Å². The first-order valence-electron chi connectivity index (χ1n) is 7.93. The molecule has 3 atom stereocenters. The Morgan fingerprint density at radius 2 is 2.41 bits per heavy atom. The van der Waals surface area contributed by atoms with Crippen LogP contribution in [0.3, 0.4) is 0 Å². The van der Waals surface area contributed by atoms with E-state index in [-0.39, 0.29) is 18.1 Å². The molecule has 5 heteroatoms. The zero-order valence-corrected chi connectivity index (χ0v) is 13.1. The molecule has 1 aliphatic heterocycles. The normalized spacial score (nSPS) is 27.7. The predicted molar refractivity (Wildman–Crippen MR) is 83.7 cm³/mol. The summed E-state index contributed by atoms with van der Waals surface area (Å²) in [5.74, 6) is 0.565. The zero-order valence-electron chi connectivity index (χ0n) is 13.1. The van der Waals surface area contributed by atoms with Gasteiger partial charge in [-0.05, 0) is 30.9 Å². The molecule has 120 valence electrons. The molecular formula is C17H24N2O3. The molecule has 0 radical (unpaired) electrons. The van der Waals surface area contributed by atoms with Crippen molar-refractivity contribution in [2.75, 3.05) is 26.4 Å². The summed E-state index contributed by atoms with van der Waals surface area (Å²) in [6.07, 6.45) is 5.75. The monoisotopic (exact) mass is 304 g/mol. The average Bonchev–Trinajstić information content (AvgIpc) is 3.12. The summed E-state index contributed by atoms with van der Waals surface area (Å²) in [6.45, 7) is 6.26. The van der Waals surface area contributed by atoms with Crippen molar-refractivity contribution in [2.24, 2.45) is 13.0 Å². The quantitative estimate of drug-likeness (QED) is 0.616. The van der Waals surface area contributed by atoms with E-state index in [1.165, 1.54) is 0 Å². The molecule has 3 rings (SSSR count). The number of carbonyl (C=O) groups is 1. The van der Waals surface area contributed by atoms with Crippen molar-refractivity contribution in [3.05, 3.63) is 36.7 Å². The number of ether oxygens (including phenoxy) is 2. The van der Waals surface area contributed by atoms with Gasteiger partial charge in [-0.2, -0.15) is 0 Å². The van der Waals surface area contributed by atoms with Crippen molar-refractivity contribution in [3.63, 3.8) is 0 Å². The average molecular weight is 304 g/mol. The van der Waals surface area contributed by atoms with E-state index in [4.69, 9.17) is 9.47 Å². The van der Waals surface area contributed by atoms with Crippen LogP contribution < -0.4 is 0 Å². The van der Waals surface area contributed by atoms with E-state index in [0.29, 0.717) is 32.3 Å². The van der Waals surface area contributed by atoms with Gasteiger partial charge in [0.25, 0.3) is 5.91 Å². The number of morpholine rings is 1. The molecule has 1 aromatic rings. The van der Waals surface area contributed by atoms with Crippen LogP contribution in [0.2, 0.25) is 0 Å². The maximum absolute atomic E-state index is 12.8. The highest BCUT2D eigenvalue weighted by molar-refractivity contribution is 5.93. The lowest BCUT2D eigenvalue weighted by Gasteiger charge is -2.37. The summed E-state index contributed by atoms with van der Waals surface area (Å²) in [5, 5.41) is 0. The second-order valence-electron chi connectivity index (χ2n) is 6.14. The number of nitrogens with zero attached hydrogens (tertiary/aromatic N) is 2. The van der Waals surface area contributed by atoms with Crippen LogP contribution in [0.15, 0.2) is 31.0 Å². The summed E-state index contributed by atoms with van der Waals surface area (Å²) in [6, 6.07) is 3.96. The SMILES string of the molecule is C=CCOC[C@H]1C[C@@H]2OCCN(C(=O)c3cccn3C)[C@H]2C1. The van der Waals surface area contributed by atoms with Gasteiger partial charge in [-0.1, -0.05) is 6.08 Å². The summed E-state index contributed by atoms with van der Waals surface area (Å²) in [7, 11) is 1.91. The number of amides is 1. The van der Waals surface area contributed by atoms with Gasteiger partial charge >= 0.3 is 0 Å². The smallest absolute Gasteiger partial charge is 0.270 e.